The first-order valence-corrected chi connectivity index (χ1v) is 12.0. The number of benzene rings is 2. The van der Waals surface area contributed by atoms with Gasteiger partial charge in [-0.25, -0.2) is 4.39 Å². The molecule has 2 rings (SSSR count). The molecular formula is C28H39FN2O4. The van der Waals surface area contributed by atoms with E-state index in [0.717, 1.165) is 30.5 Å². The van der Waals surface area contributed by atoms with Gasteiger partial charge < -0.3 is 23.8 Å². The van der Waals surface area contributed by atoms with E-state index >= 15 is 0 Å². The van der Waals surface area contributed by atoms with E-state index in [1.54, 1.807) is 28.4 Å². The monoisotopic (exact) mass is 486 g/mol. The van der Waals surface area contributed by atoms with Gasteiger partial charge in [-0.3, -0.25) is 0 Å². The fraction of sp³-hybridized carbons (Fsp3) is 0.536. The Bertz CT molecular complexity index is 976. The van der Waals surface area contributed by atoms with Crippen LogP contribution in [0.1, 0.15) is 37.8 Å². The van der Waals surface area contributed by atoms with Gasteiger partial charge in [-0.05, 0) is 67.1 Å². The van der Waals surface area contributed by atoms with Crippen LogP contribution in [-0.2, 0) is 11.8 Å². The lowest BCUT2D eigenvalue weighted by atomic mass is 9.69. The average molecular weight is 487 g/mol. The smallest absolute Gasteiger partial charge is 0.161 e. The second-order valence-electron chi connectivity index (χ2n) is 8.88. The van der Waals surface area contributed by atoms with E-state index in [0.29, 0.717) is 42.5 Å². The molecule has 0 saturated carbocycles. The lowest BCUT2D eigenvalue weighted by Gasteiger charge is -2.33. The summed E-state index contributed by atoms with van der Waals surface area (Å²) in [5.41, 5.74) is 1.34. The molecule has 2 aromatic carbocycles. The summed E-state index contributed by atoms with van der Waals surface area (Å²) in [4.78, 5) is 2.12. The van der Waals surface area contributed by atoms with Crippen molar-refractivity contribution >= 4 is 0 Å². The summed E-state index contributed by atoms with van der Waals surface area (Å²) in [6.45, 7) is 5.52. The fourth-order valence-electron chi connectivity index (χ4n) is 4.49. The summed E-state index contributed by atoms with van der Waals surface area (Å²) in [7, 11) is 6.42. The molecule has 192 valence electrons. The minimum Gasteiger partial charge on any atom is -0.493 e. The quantitative estimate of drug-likeness (QED) is 0.334. The second-order valence-corrected chi connectivity index (χ2v) is 8.88. The van der Waals surface area contributed by atoms with E-state index in [9.17, 15) is 9.65 Å². The van der Waals surface area contributed by atoms with Gasteiger partial charge in [0.05, 0.1) is 39.9 Å². The highest BCUT2D eigenvalue weighted by Crippen LogP contribution is 2.40. The molecule has 1 unspecified atom stereocenters. The number of hydrogen-bond donors (Lipinski definition) is 0. The maximum Gasteiger partial charge on any atom is 0.161 e. The molecule has 1 atom stereocenters. The van der Waals surface area contributed by atoms with Crippen LogP contribution in [0.3, 0.4) is 0 Å². The minimum atomic E-state index is -0.676. The third kappa shape index (κ3) is 7.02. The van der Waals surface area contributed by atoms with E-state index in [4.69, 9.17) is 18.9 Å². The molecule has 7 heteroatoms. The van der Waals surface area contributed by atoms with Gasteiger partial charge in [-0.2, -0.15) is 5.26 Å². The Morgan fingerprint density at radius 1 is 0.857 bits per heavy atom. The molecule has 0 aliphatic heterocycles. The topological polar surface area (TPSA) is 64.0 Å². The summed E-state index contributed by atoms with van der Waals surface area (Å²) in [5.74, 6) is 2.71. The lowest BCUT2D eigenvalue weighted by Crippen LogP contribution is -2.34. The molecule has 6 nitrogen and oxygen atoms in total. The van der Waals surface area contributed by atoms with Crippen LogP contribution in [0.5, 0.6) is 23.0 Å². The number of nitrogens with zero attached hydrogens (tertiary/aromatic N) is 2. The van der Waals surface area contributed by atoms with Crippen molar-refractivity contribution < 1.29 is 23.3 Å². The van der Waals surface area contributed by atoms with E-state index in [2.05, 4.69) is 24.8 Å². The van der Waals surface area contributed by atoms with Crippen molar-refractivity contribution in [2.45, 2.75) is 38.5 Å². The van der Waals surface area contributed by atoms with Gasteiger partial charge in [-0.1, -0.05) is 26.0 Å². The van der Waals surface area contributed by atoms with Crippen LogP contribution in [0.25, 0.3) is 0 Å². The highest BCUT2D eigenvalue weighted by molar-refractivity contribution is 5.47. The molecule has 0 fully saturated rings. The first kappa shape index (κ1) is 28.3. The molecule has 0 spiro atoms. The SMILES string of the molecule is COc1ccc(CCN(CCF)CCCC(C#N)(c2ccc(OC)c(OC)c2)C(C)C)cc1OC. The minimum absolute atomic E-state index is 0.0898. The average Bonchev–Trinajstić information content (AvgIpc) is 2.88. The summed E-state index contributed by atoms with van der Waals surface area (Å²) < 4.78 is 34.8. The van der Waals surface area contributed by atoms with Crippen molar-refractivity contribution in [3.63, 3.8) is 0 Å². The van der Waals surface area contributed by atoms with E-state index in [1.807, 2.05) is 36.4 Å². The molecule has 0 saturated heterocycles. The molecule has 0 aliphatic rings. The van der Waals surface area contributed by atoms with Crippen molar-refractivity contribution in [2.24, 2.45) is 5.92 Å². The first-order valence-electron chi connectivity index (χ1n) is 12.0. The van der Waals surface area contributed by atoms with Crippen molar-refractivity contribution in [2.75, 3.05) is 54.7 Å². The predicted molar refractivity (Wildman–Crippen MR) is 137 cm³/mol. The number of hydrogen-bond acceptors (Lipinski definition) is 6. The molecule has 0 aliphatic carbocycles. The number of nitriles is 1. The number of methoxy groups -OCH3 is 4. The van der Waals surface area contributed by atoms with Crippen LogP contribution >= 0.6 is 0 Å². The standard InChI is InChI=1S/C28H39FN2O4/c1-21(2)28(20-30,23-9-11-25(33-4)27(19-23)35-6)13-7-15-31(17-14-29)16-12-22-8-10-24(32-3)26(18-22)34-5/h8-11,18-19,21H,7,12-17H2,1-6H3. The summed E-state index contributed by atoms with van der Waals surface area (Å²) in [6.07, 6.45) is 2.20. The molecule has 0 amide bonds. The van der Waals surface area contributed by atoms with Crippen molar-refractivity contribution in [3.8, 4) is 29.1 Å². The van der Waals surface area contributed by atoms with Gasteiger partial charge in [0.25, 0.3) is 0 Å². The zero-order valence-electron chi connectivity index (χ0n) is 21.9. The Hall–Kier alpha value is -2.98. The number of halogens is 1. The highest BCUT2D eigenvalue weighted by atomic mass is 19.1. The Labute approximate surface area is 209 Å². The van der Waals surface area contributed by atoms with Gasteiger partial charge >= 0.3 is 0 Å². The molecule has 0 aromatic heterocycles. The van der Waals surface area contributed by atoms with Crippen LogP contribution in [0.2, 0.25) is 0 Å². The third-order valence-corrected chi connectivity index (χ3v) is 6.69. The van der Waals surface area contributed by atoms with Gasteiger partial charge in [0.15, 0.2) is 23.0 Å². The van der Waals surface area contributed by atoms with Crippen molar-refractivity contribution in [1.82, 2.24) is 4.90 Å². The highest BCUT2D eigenvalue weighted by Gasteiger charge is 2.36. The van der Waals surface area contributed by atoms with Crippen LogP contribution in [0.4, 0.5) is 4.39 Å². The third-order valence-electron chi connectivity index (χ3n) is 6.69. The maximum absolute atomic E-state index is 13.3. The molecule has 0 N–H and O–H groups in total. The number of ether oxygens (including phenoxy) is 4. The zero-order chi connectivity index (χ0) is 25.8. The fourth-order valence-corrected chi connectivity index (χ4v) is 4.49. The molecule has 0 heterocycles. The van der Waals surface area contributed by atoms with Crippen LogP contribution in [0, 0.1) is 17.2 Å². The van der Waals surface area contributed by atoms with Crippen LogP contribution < -0.4 is 18.9 Å². The Morgan fingerprint density at radius 2 is 1.46 bits per heavy atom. The summed E-state index contributed by atoms with van der Waals surface area (Å²) in [6, 6.07) is 14.1. The van der Waals surface area contributed by atoms with E-state index in [1.165, 1.54) is 0 Å². The van der Waals surface area contributed by atoms with Gasteiger partial charge in [0, 0.05) is 13.1 Å². The van der Waals surface area contributed by atoms with Crippen molar-refractivity contribution in [1.29, 1.82) is 5.26 Å². The molecule has 2 aromatic rings. The number of rotatable bonds is 15. The van der Waals surface area contributed by atoms with Gasteiger partial charge in [-0.15, -0.1) is 0 Å². The van der Waals surface area contributed by atoms with Crippen LogP contribution in [0.15, 0.2) is 36.4 Å². The number of alkyl halides is 1. The summed E-state index contributed by atoms with van der Waals surface area (Å²) >= 11 is 0. The van der Waals surface area contributed by atoms with Gasteiger partial charge in [0.2, 0.25) is 0 Å². The Morgan fingerprint density at radius 3 is 2.00 bits per heavy atom. The second kappa shape index (κ2) is 13.8. The molecule has 0 bridgehead atoms. The van der Waals surface area contributed by atoms with E-state index in [-0.39, 0.29) is 5.92 Å². The van der Waals surface area contributed by atoms with Gasteiger partial charge in [0.1, 0.15) is 6.67 Å². The van der Waals surface area contributed by atoms with Crippen molar-refractivity contribution in [3.05, 3.63) is 47.5 Å². The zero-order valence-corrected chi connectivity index (χ0v) is 21.9. The normalized spacial score (nSPS) is 12.8. The van der Waals surface area contributed by atoms with Crippen LogP contribution in [-0.4, -0.2) is 59.6 Å². The largest absolute Gasteiger partial charge is 0.493 e. The lowest BCUT2D eigenvalue weighted by molar-refractivity contribution is 0.233. The first-order chi connectivity index (χ1) is 16.9. The Balaban J connectivity index is 2.11. The maximum atomic E-state index is 13.3. The molecular weight excluding hydrogens is 447 g/mol. The van der Waals surface area contributed by atoms with E-state index < -0.39 is 12.1 Å². The summed E-state index contributed by atoms with van der Waals surface area (Å²) in [5, 5.41) is 10.3. The Kier molecular flexibility index (Phi) is 11.1. The predicted octanol–water partition coefficient (Wildman–Crippen LogP) is 5.43. The molecule has 0 radical (unpaired) electrons. The molecule has 35 heavy (non-hydrogen) atoms.